The monoisotopic (exact) mass is 409 g/mol. The molecule has 0 aliphatic carbocycles. The SMILES string of the molecule is COc1ccc(/C=N/NC(=O)CNc2ccc(I)cc2)cc1. The van der Waals surface area contributed by atoms with Crippen molar-refractivity contribution in [2.75, 3.05) is 19.0 Å². The zero-order valence-corrected chi connectivity index (χ0v) is 14.2. The number of hydrazone groups is 1. The summed E-state index contributed by atoms with van der Waals surface area (Å²) >= 11 is 2.23. The van der Waals surface area contributed by atoms with E-state index in [1.54, 1.807) is 13.3 Å². The molecule has 2 N–H and O–H groups in total. The van der Waals surface area contributed by atoms with E-state index in [1.807, 2.05) is 48.5 Å². The smallest absolute Gasteiger partial charge is 0.259 e. The van der Waals surface area contributed by atoms with Crippen molar-refractivity contribution in [2.24, 2.45) is 5.10 Å². The molecule has 0 unspecified atom stereocenters. The van der Waals surface area contributed by atoms with E-state index in [0.29, 0.717) is 0 Å². The maximum absolute atomic E-state index is 11.7. The molecule has 0 heterocycles. The molecule has 22 heavy (non-hydrogen) atoms. The number of carbonyl (C=O) groups is 1. The van der Waals surface area contributed by atoms with E-state index in [1.165, 1.54) is 0 Å². The zero-order chi connectivity index (χ0) is 15.8. The lowest BCUT2D eigenvalue weighted by molar-refractivity contribution is -0.119. The van der Waals surface area contributed by atoms with Crippen LogP contribution in [0.5, 0.6) is 5.75 Å². The first kappa shape index (κ1) is 16.3. The van der Waals surface area contributed by atoms with Gasteiger partial charge in [0.15, 0.2) is 0 Å². The number of carbonyl (C=O) groups excluding carboxylic acids is 1. The average molecular weight is 409 g/mol. The summed E-state index contributed by atoms with van der Waals surface area (Å²) in [6.07, 6.45) is 1.59. The van der Waals surface area contributed by atoms with Crippen molar-refractivity contribution >= 4 is 40.4 Å². The predicted octanol–water partition coefficient (Wildman–Crippen LogP) is 2.86. The number of benzene rings is 2. The molecule has 0 fully saturated rings. The van der Waals surface area contributed by atoms with E-state index in [4.69, 9.17) is 4.74 Å². The average Bonchev–Trinajstić information content (AvgIpc) is 2.55. The van der Waals surface area contributed by atoms with Gasteiger partial charge in [0.05, 0.1) is 19.9 Å². The number of nitrogens with one attached hydrogen (secondary N) is 2. The second kappa shape index (κ2) is 8.38. The van der Waals surface area contributed by atoms with Gasteiger partial charge in [-0.2, -0.15) is 5.10 Å². The summed E-state index contributed by atoms with van der Waals surface area (Å²) in [5, 5.41) is 6.95. The van der Waals surface area contributed by atoms with Crippen LogP contribution in [0.1, 0.15) is 5.56 Å². The van der Waals surface area contributed by atoms with Crippen molar-refractivity contribution in [1.82, 2.24) is 5.43 Å². The fourth-order valence-electron chi connectivity index (χ4n) is 1.66. The summed E-state index contributed by atoms with van der Waals surface area (Å²) in [6.45, 7) is 0.167. The van der Waals surface area contributed by atoms with Crippen LogP contribution in [0.2, 0.25) is 0 Å². The van der Waals surface area contributed by atoms with Gasteiger partial charge in [0.1, 0.15) is 5.75 Å². The highest BCUT2D eigenvalue weighted by Crippen LogP contribution is 2.11. The number of rotatable bonds is 6. The molecule has 2 aromatic carbocycles. The summed E-state index contributed by atoms with van der Waals surface area (Å²) in [4.78, 5) is 11.7. The van der Waals surface area contributed by atoms with Crippen LogP contribution in [0, 0.1) is 3.57 Å². The summed E-state index contributed by atoms with van der Waals surface area (Å²) in [5.74, 6) is 0.575. The van der Waals surface area contributed by atoms with Gasteiger partial charge in [0, 0.05) is 9.26 Å². The highest BCUT2D eigenvalue weighted by Gasteiger charge is 1.99. The number of methoxy groups -OCH3 is 1. The Morgan fingerprint density at radius 1 is 1.18 bits per heavy atom. The quantitative estimate of drug-likeness (QED) is 0.438. The minimum Gasteiger partial charge on any atom is -0.497 e. The van der Waals surface area contributed by atoms with E-state index in [9.17, 15) is 4.79 Å². The lowest BCUT2D eigenvalue weighted by Crippen LogP contribution is -2.25. The van der Waals surface area contributed by atoms with Crippen LogP contribution in [0.25, 0.3) is 0 Å². The highest BCUT2D eigenvalue weighted by atomic mass is 127. The number of ether oxygens (including phenoxy) is 1. The molecule has 0 radical (unpaired) electrons. The van der Waals surface area contributed by atoms with Gasteiger partial charge in [-0.1, -0.05) is 0 Å². The molecule has 5 nitrogen and oxygen atoms in total. The molecule has 0 spiro atoms. The van der Waals surface area contributed by atoms with Crippen molar-refractivity contribution in [3.63, 3.8) is 0 Å². The number of halogens is 1. The number of hydrogen-bond donors (Lipinski definition) is 2. The van der Waals surface area contributed by atoms with Crippen molar-refractivity contribution in [3.8, 4) is 5.75 Å². The Morgan fingerprint density at radius 3 is 2.50 bits per heavy atom. The largest absolute Gasteiger partial charge is 0.497 e. The van der Waals surface area contributed by atoms with Gasteiger partial charge < -0.3 is 10.1 Å². The van der Waals surface area contributed by atoms with E-state index in [-0.39, 0.29) is 12.5 Å². The second-order valence-corrected chi connectivity index (χ2v) is 5.67. The molecule has 2 aromatic rings. The van der Waals surface area contributed by atoms with Gasteiger partial charge in [-0.25, -0.2) is 5.43 Å². The Morgan fingerprint density at radius 2 is 1.86 bits per heavy atom. The summed E-state index contributed by atoms with van der Waals surface area (Å²) in [6, 6.07) is 15.2. The third-order valence-electron chi connectivity index (χ3n) is 2.82. The molecular weight excluding hydrogens is 393 g/mol. The van der Waals surface area contributed by atoms with Crippen LogP contribution >= 0.6 is 22.6 Å². The predicted molar refractivity (Wildman–Crippen MR) is 96.4 cm³/mol. The number of amides is 1. The van der Waals surface area contributed by atoms with Crippen molar-refractivity contribution in [1.29, 1.82) is 0 Å². The minimum absolute atomic E-state index is 0.167. The summed E-state index contributed by atoms with van der Waals surface area (Å²) in [5.41, 5.74) is 4.26. The van der Waals surface area contributed by atoms with Crippen LogP contribution in [0.15, 0.2) is 53.6 Å². The normalized spacial score (nSPS) is 10.5. The van der Waals surface area contributed by atoms with E-state index < -0.39 is 0 Å². The van der Waals surface area contributed by atoms with Gasteiger partial charge in [-0.15, -0.1) is 0 Å². The van der Waals surface area contributed by atoms with Crippen molar-refractivity contribution in [2.45, 2.75) is 0 Å². The van der Waals surface area contributed by atoms with Crippen LogP contribution in [0.3, 0.4) is 0 Å². The van der Waals surface area contributed by atoms with Crippen LogP contribution in [-0.4, -0.2) is 25.8 Å². The summed E-state index contributed by atoms with van der Waals surface area (Å²) < 4.78 is 6.22. The number of anilines is 1. The van der Waals surface area contributed by atoms with Gasteiger partial charge in [0.2, 0.25) is 0 Å². The van der Waals surface area contributed by atoms with E-state index >= 15 is 0 Å². The molecule has 1 amide bonds. The van der Waals surface area contributed by atoms with Gasteiger partial charge >= 0.3 is 0 Å². The Bertz CT molecular complexity index is 639. The minimum atomic E-state index is -0.205. The van der Waals surface area contributed by atoms with Gasteiger partial charge in [0.25, 0.3) is 5.91 Å². The van der Waals surface area contributed by atoms with E-state index in [2.05, 4.69) is 38.4 Å². The standard InChI is InChI=1S/C16H16IN3O2/c1-22-15-8-2-12(3-9-15)10-19-20-16(21)11-18-14-6-4-13(17)5-7-14/h2-10,18H,11H2,1H3,(H,20,21)/b19-10+. The third-order valence-corrected chi connectivity index (χ3v) is 3.54. The Hall–Kier alpha value is -2.09. The first-order valence-corrected chi connectivity index (χ1v) is 7.70. The molecule has 0 aliphatic heterocycles. The molecule has 0 saturated carbocycles. The van der Waals surface area contributed by atoms with Crippen LogP contribution < -0.4 is 15.5 Å². The van der Waals surface area contributed by atoms with Crippen molar-refractivity contribution in [3.05, 3.63) is 57.7 Å². The Kier molecular flexibility index (Phi) is 6.20. The molecule has 0 saturated heterocycles. The lowest BCUT2D eigenvalue weighted by atomic mass is 10.2. The highest BCUT2D eigenvalue weighted by molar-refractivity contribution is 14.1. The molecule has 0 aliphatic rings. The van der Waals surface area contributed by atoms with Gasteiger partial charge in [-0.3, -0.25) is 4.79 Å². The lowest BCUT2D eigenvalue weighted by Gasteiger charge is -2.05. The van der Waals surface area contributed by atoms with Crippen LogP contribution in [-0.2, 0) is 4.79 Å². The fraction of sp³-hybridized carbons (Fsp3) is 0.125. The number of nitrogens with zero attached hydrogens (tertiary/aromatic N) is 1. The molecule has 6 heteroatoms. The second-order valence-electron chi connectivity index (χ2n) is 4.43. The Balaban J connectivity index is 1.76. The van der Waals surface area contributed by atoms with Gasteiger partial charge in [-0.05, 0) is 76.7 Å². The maximum Gasteiger partial charge on any atom is 0.259 e. The molecular formula is C16H16IN3O2. The zero-order valence-electron chi connectivity index (χ0n) is 12.0. The number of hydrogen-bond acceptors (Lipinski definition) is 4. The van der Waals surface area contributed by atoms with Crippen molar-refractivity contribution < 1.29 is 9.53 Å². The first-order chi connectivity index (χ1) is 10.7. The molecule has 0 aromatic heterocycles. The maximum atomic E-state index is 11.7. The summed E-state index contributed by atoms with van der Waals surface area (Å²) in [7, 11) is 1.62. The Labute approximate surface area is 142 Å². The molecule has 0 atom stereocenters. The third kappa shape index (κ3) is 5.36. The molecule has 114 valence electrons. The fourth-order valence-corrected chi connectivity index (χ4v) is 2.02. The van der Waals surface area contributed by atoms with E-state index in [0.717, 1.165) is 20.6 Å². The topological polar surface area (TPSA) is 62.7 Å². The molecule has 0 bridgehead atoms. The van der Waals surface area contributed by atoms with Crippen LogP contribution in [0.4, 0.5) is 5.69 Å². The molecule has 2 rings (SSSR count). The first-order valence-electron chi connectivity index (χ1n) is 6.63.